The van der Waals surface area contributed by atoms with Crippen LogP contribution in [0.2, 0.25) is 0 Å². The summed E-state index contributed by atoms with van der Waals surface area (Å²) in [6.07, 6.45) is 0.218. The van der Waals surface area contributed by atoms with Crippen LogP contribution in [-0.4, -0.2) is 129 Å². The molecule has 4 N–H and O–H groups in total. The van der Waals surface area contributed by atoms with Crippen LogP contribution in [-0.2, 0) is 39.8 Å². The third-order valence-corrected chi connectivity index (χ3v) is 10.9. The van der Waals surface area contributed by atoms with Gasteiger partial charge in [0.2, 0.25) is 17.7 Å². The van der Waals surface area contributed by atoms with Crippen LogP contribution in [0.3, 0.4) is 0 Å². The van der Waals surface area contributed by atoms with Crippen molar-refractivity contribution in [1.29, 1.82) is 0 Å². The summed E-state index contributed by atoms with van der Waals surface area (Å²) in [5.41, 5.74) is 0.0455. The third-order valence-electron chi connectivity index (χ3n) is 10.9. The average molecular weight is 734 g/mol. The van der Waals surface area contributed by atoms with Crippen LogP contribution in [0.4, 0.5) is 0 Å². The lowest BCUT2D eigenvalue weighted by Crippen LogP contribution is -2.61. The minimum Gasteiger partial charge on any atom is -0.468 e. The van der Waals surface area contributed by atoms with Crippen molar-refractivity contribution in [2.24, 2.45) is 17.8 Å². The fourth-order valence-electron chi connectivity index (χ4n) is 7.09. The van der Waals surface area contributed by atoms with Crippen LogP contribution in [0.25, 0.3) is 0 Å². The molecule has 296 valence electrons. The van der Waals surface area contributed by atoms with Crippen LogP contribution < -0.4 is 16.0 Å². The van der Waals surface area contributed by atoms with E-state index in [-0.39, 0.29) is 42.0 Å². The van der Waals surface area contributed by atoms with Crippen molar-refractivity contribution in [1.82, 2.24) is 25.8 Å². The summed E-state index contributed by atoms with van der Waals surface area (Å²) >= 11 is 0. The quantitative estimate of drug-likeness (QED) is 0.109. The number of amides is 3. The normalized spacial score (nSPS) is 19.6. The van der Waals surface area contributed by atoms with Crippen molar-refractivity contribution in [2.45, 2.75) is 129 Å². The number of esters is 1. The highest BCUT2D eigenvalue weighted by molar-refractivity contribution is 5.92. The third kappa shape index (κ3) is 11.7. The highest BCUT2D eigenvalue weighted by atomic mass is 16.5. The van der Waals surface area contributed by atoms with E-state index in [2.05, 4.69) is 16.0 Å². The molecule has 1 aromatic rings. The predicted molar refractivity (Wildman–Crippen MR) is 201 cm³/mol. The molecule has 1 heterocycles. The highest BCUT2D eigenvalue weighted by Gasteiger charge is 2.43. The van der Waals surface area contributed by atoms with E-state index >= 15 is 0 Å². The van der Waals surface area contributed by atoms with Gasteiger partial charge >= 0.3 is 5.97 Å². The Morgan fingerprint density at radius 2 is 1.67 bits per heavy atom. The van der Waals surface area contributed by atoms with Crippen molar-refractivity contribution in [2.75, 3.05) is 42.0 Å². The lowest BCUT2D eigenvalue weighted by molar-refractivity contribution is -0.148. The topological polar surface area (TPSA) is 159 Å². The number of carbonyl (C=O) groups excluding carboxylic acids is 4. The maximum Gasteiger partial charge on any atom is 0.323 e. The number of likely N-dealkylation sites (tertiary alicyclic amines) is 1. The van der Waals surface area contributed by atoms with Gasteiger partial charge in [-0.05, 0) is 57.6 Å². The van der Waals surface area contributed by atoms with Gasteiger partial charge in [-0.3, -0.25) is 24.5 Å². The van der Waals surface area contributed by atoms with Crippen LogP contribution in [0.5, 0.6) is 0 Å². The van der Waals surface area contributed by atoms with Crippen LogP contribution >= 0.6 is 0 Å². The first-order valence-electron chi connectivity index (χ1n) is 18.7. The van der Waals surface area contributed by atoms with Crippen molar-refractivity contribution < 1.29 is 38.5 Å². The van der Waals surface area contributed by atoms with Gasteiger partial charge in [0.05, 0.1) is 43.4 Å². The van der Waals surface area contributed by atoms with E-state index in [0.717, 1.165) is 18.4 Å². The number of hydrogen-bond acceptors (Lipinski definition) is 10. The summed E-state index contributed by atoms with van der Waals surface area (Å²) in [6, 6.07) is 7.14. The van der Waals surface area contributed by atoms with Crippen LogP contribution in [0.15, 0.2) is 30.3 Å². The molecule has 0 bridgehead atoms. The fraction of sp³-hybridized carbons (Fsp3) is 0.744. The highest BCUT2D eigenvalue weighted by Crippen LogP contribution is 2.30. The van der Waals surface area contributed by atoms with Gasteiger partial charge in [0.25, 0.3) is 0 Å². The van der Waals surface area contributed by atoms with Crippen LogP contribution in [0.1, 0.15) is 79.7 Å². The first-order chi connectivity index (χ1) is 24.5. The zero-order valence-corrected chi connectivity index (χ0v) is 33.6. The number of nitrogens with one attached hydrogen (secondary N) is 3. The number of ether oxygens (including phenoxy) is 3. The summed E-state index contributed by atoms with van der Waals surface area (Å²) < 4.78 is 17.0. The van der Waals surface area contributed by atoms with Crippen molar-refractivity contribution in [3.05, 3.63) is 35.9 Å². The number of hydrogen-bond donors (Lipinski definition) is 4. The zero-order valence-electron chi connectivity index (χ0n) is 33.6. The number of methoxy groups -OCH3 is 3. The van der Waals surface area contributed by atoms with Gasteiger partial charge in [0, 0.05) is 33.7 Å². The second-order valence-electron chi connectivity index (χ2n) is 15.1. The molecule has 0 saturated carbocycles. The minimum absolute atomic E-state index is 0.0232. The molecule has 1 fully saturated rings. The SMILES string of the molecule is CCC(C)C(C(CC(=O)N1CCCC1C(OC)C(C)C(O)NC(Cc1ccccc1)C(=O)OC)OC)N(C)C(=O)C(NC(=O)C(C)(C)NC)C(C)C. The maximum absolute atomic E-state index is 14.2. The Labute approximate surface area is 311 Å². The molecule has 0 radical (unpaired) electrons. The Hall–Kier alpha value is -3.10. The number of aliphatic hydroxyl groups excluding tert-OH is 1. The number of aliphatic hydroxyl groups is 1. The lowest BCUT2D eigenvalue weighted by atomic mass is 9.89. The number of carbonyl (C=O) groups is 4. The molecule has 13 heteroatoms. The maximum atomic E-state index is 14.2. The van der Waals surface area contributed by atoms with Gasteiger partial charge in [-0.1, -0.05) is 71.4 Å². The second-order valence-corrected chi connectivity index (χ2v) is 15.1. The molecular formula is C39H67N5O8. The Morgan fingerprint density at radius 3 is 2.19 bits per heavy atom. The molecule has 0 aliphatic carbocycles. The molecule has 1 aromatic carbocycles. The Bertz CT molecular complexity index is 1280. The summed E-state index contributed by atoms with van der Waals surface area (Å²) in [5, 5.41) is 20.3. The molecule has 3 amide bonds. The van der Waals surface area contributed by atoms with Gasteiger partial charge in [-0.15, -0.1) is 0 Å². The predicted octanol–water partition coefficient (Wildman–Crippen LogP) is 2.74. The molecule has 1 saturated heterocycles. The second kappa shape index (κ2) is 21.0. The molecule has 1 aliphatic heterocycles. The zero-order chi connectivity index (χ0) is 39.3. The molecule has 0 aromatic heterocycles. The number of rotatable bonds is 21. The molecule has 9 unspecified atom stereocenters. The fourth-order valence-corrected chi connectivity index (χ4v) is 7.09. The molecule has 1 aliphatic rings. The van der Waals surface area contributed by atoms with Gasteiger partial charge in [0.15, 0.2) is 0 Å². The number of likely N-dealkylation sites (N-methyl/N-ethyl adjacent to an activating group) is 2. The number of benzene rings is 1. The Balaban J connectivity index is 2.27. The average Bonchev–Trinajstić information content (AvgIpc) is 3.62. The Morgan fingerprint density at radius 1 is 1.04 bits per heavy atom. The molecule has 13 nitrogen and oxygen atoms in total. The van der Waals surface area contributed by atoms with E-state index < -0.39 is 54.0 Å². The first-order valence-corrected chi connectivity index (χ1v) is 18.7. The van der Waals surface area contributed by atoms with Gasteiger partial charge < -0.3 is 39.8 Å². The van der Waals surface area contributed by atoms with Gasteiger partial charge in [-0.2, -0.15) is 0 Å². The van der Waals surface area contributed by atoms with E-state index in [1.807, 2.05) is 65.0 Å². The summed E-state index contributed by atoms with van der Waals surface area (Å²) in [7, 11) is 7.85. The van der Waals surface area contributed by atoms with E-state index in [1.54, 1.807) is 52.0 Å². The number of nitrogens with zero attached hydrogens (tertiary/aromatic N) is 2. The molecule has 2 rings (SSSR count). The van der Waals surface area contributed by atoms with E-state index in [1.165, 1.54) is 7.11 Å². The monoisotopic (exact) mass is 733 g/mol. The van der Waals surface area contributed by atoms with Crippen molar-refractivity contribution in [3.8, 4) is 0 Å². The van der Waals surface area contributed by atoms with E-state index in [4.69, 9.17) is 14.2 Å². The van der Waals surface area contributed by atoms with E-state index in [0.29, 0.717) is 19.4 Å². The Kier molecular flexibility index (Phi) is 18.2. The molecule has 52 heavy (non-hydrogen) atoms. The summed E-state index contributed by atoms with van der Waals surface area (Å²) in [5.74, 6) is -1.87. The molecule has 9 atom stereocenters. The standard InChI is InChI=1S/C39H67N5O8/c1-13-25(4)33(43(9)36(47)32(24(2)3)42-38(49)39(6,7)40-8)30(50-10)23-31(45)44-21-17-20-29(44)34(51-11)26(5)35(46)41-28(37(48)52-12)22-27-18-15-14-16-19-27/h14-16,18-19,24-26,28-30,32-35,40-41,46H,13,17,20-23H2,1-12H3,(H,42,49). The van der Waals surface area contributed by atoms with Crippen molar-refractivity contribution in [3.63, 3.8) is 0 Å². The van der Waals surface area contributed by atoms with Crippen LogP contribution in [0, 0.1) is 17.8 Å². The first kappa shape index (κ1) is 45.1. The molecule has 0 spiro atoms. The van der Waals surface area contributed by atoms with Crippen molar-refractivity contribution >= 4 is 23.7 Å². The smallest absolute Gasteiger partial charge is 0.323 e. The minimum atomic E-state index is -1.13. The summed E-state index contributed by atoms with van der Waals surface area (Å²) in [4.78, 5) is 57.5. The molecular weight excluding hydrogens is 666 g/mol. The lowest BCUT2D eigenvalue weighted by Gasteiger charge is -2.41. The van der Waals surface area contributed by atoms with Gasteiger partial charge in [0.1, 0.15) is 18.3 Å². The van der Waals surface area contributed by atoms with E-state index in [9.17, 15) is 24.3 Å². The largest absolute Gasteiger partial charge is 0.468 e. The summed E-state index contributed by atoms with van der Waals surface area (Å²) in [6.45, 7) is 13.7. The van der Waals surface area contributed by atoms with Gasteiger partial charge in [-0.25, -0.2) is 0 Å².